The van der Waals surface area contributed by atoms with Crippen LogP contribution in [0.15, 0.2) is 24.3 Å². The van der Waals surface area contributed by atoms with Gasteiger partial charge in [-0.1, -0.05) is 0 Å². The minimum absolute atomic E-state index is 0.0701. The molecule has 0 amide bonds. The Hall–Kier alpha value is -1.64. The number of amidine groups is 1. The van der Waals surface area contributed by atoms with E-state index in [0.717, 1.165) is 15.0 Å². The van der Waals surface area contributed by atoms with E-state index in [1.807, 2.05) is 12.1 Å². The average Bonchev–Trinajstić information content (AvgIpc) is 2.57. The first-order valence-corrected chi connectivity index (χ1v) is 7.32. The molecule has 0 radical (unpaired) electrons. The van der Waals surface area contributed by atoms with Crippen LogP contribution < -0.4 is 5.73 Å². The summed E-state index contributed by atoms with van der Waals surface area (Å²) in [5.41, 5.74) is 5.35. The Labute approximate surface area is 108 Å². The van der Waals surface area contributed by atoms with Crippen molar-refractivity contribution in [1.29, 1.82) is 5.41 Å². The van der Waals surface area contributed by atoms with Gasteiger partial charge < -0.3 is 10.8 Å². The normalized spacial score (nSPS) is 10.8. The lowest BCUT2D eigenvalue weighted by molar-refractivity contribution is 0.476. The molecule has 0 fully saturated rings. The third-order valence-electron chi connectivity index (χ3n) is 1.77. The summed E-state index contributed by atoms with van der Waals surface area (Å²) in [4.78, 5) is 0.737. The van der Waals surface area contributed by atoms with Gasteiger partial charge in [-0.3, -0.25) is 9.96 Å². The number of phenolic OH excluding ortho intramolecular Hbond substituents is 1. The highest BCUT2D eigenvalue weighted by Crippen LogP contribution is 2.28. The molecule has 98 valence electrons. The first-order chi connectivity index (χ1) is 8.16. The number of hydrogen-bond acceptors (Lipinski definition) is 5. The summed E-state index contributed by atoms with van der Waals surface area (Å²) in [5.74, 6) is 0.310. The summed E-state index contributed by atoms with van der Waals surface area (Å²) in [7, 11) is -3.67. The zero-order chi connectivity index (χ0) is 13.9. The highest BCUT2D eigenvalue weighted by Gasteiger charge is 2.03. The van der Waals surface area contributed by atoms with Gasteiger partial charge in [-0.2, -0.15) is 8.42 Å². The van der Waals surface area contributed by atoms with Crippen molar-refractivity contribution in [3.05, 3.63) is 29.1 Å². The van der Waals surface area contributed by atoms with Crippen molar-refractivity contribution in [3.8, 4) is 5.75 Å². The molecule has 0 aliphatic heterocycles. The van der Waals surface area contributed by atoms with E-state index in [4.69, 9.17) is 15.7 Å². The molecular formula is C10H12N2O4S2. The molecule has 1 aromatic carbocycles. The predicted octanol–water partition coefficient (Wildman–Crippen LogP) is 1.39. The fourth-order valence-electron chi connectivity index (χ4n) is 1.15. The first kappa shape index (κ1) is 14.4. The third kappa shape index (κ3) is 4.70. The van der Waals surface area contributed by atoms with Crippen LogP contribution in [0.3, 0.4) is 0 Å². The van der Waals surface area contributed by atoms with Gasteiger partial charge in [-0.25, -0.2) is 0 Å². The molecule has 6 nitrogen and oxygen atoms in total. The van der Waals surface area contributed by atoms with Crippen LogP contribution >= 0.6 is 11.3 Å². The highest BCUT2D eigenvalue weighted by molar-refractivity contribution is 7.85. The lowest BCUT2D eigenvalue weighted by Crippen LogP contribution is -2.08. The zero-order valence-corrected chi connectivity index (χ0v) is 11.0. The van der Waals surface area contributed by atoms with Crippen LogP contribution in [0.2, 0.25) is 0 Å². The van der Waals surface area contributed by atoms with Crippen LogP contribution in [-0.4, -0.2) is 30.2 Å². The van der Waals surface area contributed by atoms with Gasteiger partial charge in [-0.05, 0) is 29.7 Å². The van der Waals surface area contributed by atoms with Gasteiger partial charge >= 0.3 is 0 Å². The van der Waals surface area contributed by atoms with Crippen LogP contribution in [0.25, 0.3) is 10.1 Å². The number of nitrogens with one attached hydrogen (secondary N) is 1. The van der Waals surface area contributed by atoms with Crippen LogP contribution in [0, 0.1) is 5.41 Å². The van der Waals surface area contributed by atoms with E-state index < -0.39 is 10.1 Å². The maximum atomic E-state index is 9.20. The van der Waals surface area contributed by atoms with Crippen LogP contribution in [-0.2, 0) is 10.1 Å². The van der Waals surface area contributed by atoms with Crippen molar-refractivity contribution >= 4 is 37.4 Å². The van der Waals surface area contributed by atoms with Gasteiger partial charge in [0, 0.05) is 4.70 Å². The third-order valence-corrected chi connectivity index (χ3v) is 2.90. The van der Waals surface area contributed by atoms with Crippen molar-refractivity contribution in [2.75, 3.05) is 6.26 Å². The molecule has 18 heavy (non-hydrogen) atoms. The Bertz CT molecular complexity index is 668. The maximum Gasteiger partial charge on any atom is 0.261 e. The van der Waals surface area contributed by atoms with Crippen molar-refractivity contribution in [2.24, 2.45) is 5.73 Å². The Morgan fingerprint density at radius 1 is 1.39 bits per heavy atom. The van der Waals surface area contributed by atoms with Gasteiger partial charge in [-0.15, -0.1) is 11.3 Å². The fraction of sp³-hybridized carbons (Fsp3) is 0.100. The van der Waals surface area contributed by atoms with E-state index in [9.17, 15) is 13.5 Å². The second-order valence-electron chi connectivity index (χ2n) is 3.48. The number of phenols is 1. The number of aromatic hydroxyl groups is 1. The molecule has 0 aliphatic carbocycles. The minimum atomic E-state index is -3.67. The minimum Gasteiger partial charge on any atom is -0.508 e. The Kier molecular flexibility index (Phi) is 4.28. The van der Waals surface area contributed by atoms with Crippen LogP contribution in [0.1, 0.15) is 4.88 Å². The number of nitrogens with two attached hydrogens (primary N) is 1. The summed E-state index contributed by atoms with van der Waals surface area (Å²) in [6.07, 6.45) is 0.715. The SMILES string of the molecule is CS(=O)(=O)O.N=C(N)c1cc2ccc(O)cc2s1. The largest absolute Gasteiger partial charge is 0.508 e. The number of rotatable bonds is 1. The lowest BCUT2D eigenvalue weighted by atomic mass is 10.2. The van der Waals surface area contributed by atoms with E-state index in [-0.39, 0.29) is 11.6 Å². The van der Waals surface area contributed by atoms with Gasteiger partial charge in [0.05, 0.1) is 11.1 Å². The van der Waals surface area contributed by atoms with E-state index in [1.54, 1.807) is 12.1 Å². The number of hydrogen-bond donors (Lipinski definition) is 4. The Balaban J connectivity index is 0.000000280. The molecule has 2 rings (SSSR count). The molecule has 1 aromatic heterocycles. The monoisotopic (exact) mass is 288 g/mol. The molecule has 8 heteroatoms. The van der Waals surface area contributed by atoms with Gasteiger partial charge in [0.25, 0.3) is 10.1 Å². The number of thiophene rings is 1. The van der Waals surface area contributed by atoms with Crippen molar-refractivity contribution < 1.29 is 18.1 Å². The summed E-state index contributed by atoms with van der Waals surface area (Å²) >= 11 is 1.41. The molecule has 0 saturated heterocycles. The average molecular weight is 288 g/mol. The summed E-state index contributed by atoms with van der Waals surface area (Å²) < 4.78 is 26.8. The second kappa shape index (κ2) is 5.34. The molecule has 0 saturated carbocycles. The van der Waals surface area contributed by atoms with Crippen molar-refractivity contribution in [3.63, 3.8) is 0 Å². The molecule has 0 atom stereocenters. The van der Waals surface area contributed by atoms with Gasteiger partial charge in [0.15, 0.2) is 0 Å². The lowest BCUT2D eigenvalue weighted by Gasteiger charge is -1.89. The highest BCUT2D eigenvalue weighted by atomic mass is 32.2. The molecular weight excluding hydrogens is 276 g/mol. The number of benzene rings is 1. The quantitative estimate of drug-likeness (QED) is 0.358. The van der Waals surface area contributed by atoms with Crippen molar-refractivity contribution in [2.45, 2.75) is 0 Å². The van der Waals surface area contributed by atoms with E-state index in [1.165, 1.54) is 11.3 Å². The Morgan fingerprint density at radius 2 is 1.94 bits per heavy atom. The molecule has 0 aliphatic rings. The molecule has 1 heterocycles. The zero-order valence-electron chi connectivity index (χ0n) is 9.41. The molecule has 5 N–H and O–H groups in total. The second-order valence-corrected chi connectivity index (χ2v) is 6.03. The van der Waals surface area contributed by atoms with Gasteiger partial charge in [0.1, 0.15) is 11.6 Å². The van der Waals surface area contributed by atoms with E-state index >= 15 is 0 Å². The van der Waals surface area contributed by atoms with E-state index in [0.29, 0.717) is 6.26 Å². The Morgan fingerprint density at radius 3 is 2.44 bits per heavy atom. The van der Waals surface area contributed by atoms with Gasteiger partial charge in [0.2, 0.25) is 0 Å². The van der Waals surface area contributed by atoms with E-state index in [2.05, 4.69) is 0 Å². The summed E-state index contributed by atoms with van der Waals surface area (Å²) in [5, 5.41) is 17.5. The van der Waals surface area contributed by atoms with Crippen LogP contribution in [0.5, 0.6) is 5.75 Å². The summed E-state index contributed by atoms with van der Waals surface area (Å²) in [6.45, 7) is 0. The van der Waals surface area contributed by atoms with Crippen LogP contribution in [0.4, 0.5) is 0 Å². The summed E-state index contributed by atoms with van der Waals surface area (Å²) in [6, 6.07) is 6.96. The molecule has 0 spiro atoms. The van der Waals surface area contributed by atoms with Crippen molar-refractivity contribution in [1.82, 2.24) is 0 Å². The predicted molar refractivity (Wildman–Crippen MR) is 72.0 cm³/mol. The maximum absolute atomic E-state index is 9.20. The number of fused-ring (bicyclic) bond motifs is 1. The fourth-order valence-corrected chi connectivity index (χ4v) is 2.11. The molecule has 0 unspecified atom stereocenters. The number of nitrogen functional groups attached to an aromatic ring is 1. The topological polar surface area (TPSA) is 124 Å². The standard InChI is InChI=1S/C9H8N2OS.CH4O3S/c10-9(11)8-3-5-1-2-6(12)4-7(5)13-8;1-5(2,3)4/h1-4,12H,(H3,10,11);1H3,(H,2,3,4). The smallest absolute Gasteiger partial charge is 0.261 e. The molecule has 0 bridgehead atoms. The first-order valence-electron chi connectivity index (χ1n) is 4.66. The molecule has 2 aromatic rings.